The van der Waals surface area contributed by atoms with Gasteiger partial charge in [0.15, 0.2) is 12.4 Å². The molecule has 6 nitrogen and oxygen atoms in total. The third-order valence-corrected chi connectivity index (χ3v) is 7.59. The largest absolute Gasteiger partial charge is 0.454 e. The van der Waals surface area contributed by atoms with E-state index in [2.05, 4.69) is 28.1 Å². The fourth-order valence-electron chi connectivity index (χ4n) is 5.14. The highest BCUT2D eigenvalue weighted by molar-refractivity contribution is 9.10. The number of benzene rings is 3. The number of hydrogen-bond acceptors (Lipinski definition) is 5. The minimum atomic E-state index is -0.648. The van der Waals surface area contributed by atoms with Crippen molar-refractivity contribution in [1.82, 2.24) is 0 Å². The molecular formula is C29H24BrNO5. The Balaban J connectivity index is 1.23. The van der Waals surface area contributed by atoms with Gasteiger partial charge in [0.2, 0.25) is 11.8 Å². The van der Waals surface area contributed by atoms with Gasteiger partial charge in [-0.2, -0.15) is 0 Å². The molecule has 0 bridgehead atoms. The van der Waals surface area contributed by atoms with Gasteiger partial charge >= 0.3 is 5.97 Å². The standard InChI is InChI=1S/C29H24BrNO5/c30-22-11-6-19(7-12-22)26(32)17-36-29(35)20-8-13-23(14-9-20)31-27(33)24-15-10-21(16-25(24)28(31)34)18-4-2-1-3-5-18/h1-9,11-14,21,24-25H,10,15-17H2/t21-,24+,25+/m0/s1. The topological polar surface area (TPSA) is 80.8 Å². The predicted molar refractivity (Wildman–Crippen MR) is 138 cm³/mol. The van der Waals surface area contributed by atoms with Crippen LogP contribution in [0.4, 0.5) is 5.69 Å². The SMILES string of the molecule is O=C(COC(=O)c1ccc(N2C(=O)[C@@H]3CC[C@H](c4ccccc4)C[C@H]3C2=O)cc1)c1ccc(Br)cc1. The van der Waals surface area contributed by atoms with Crippen LogP contribution in [-0.4, -0.2) is 30.2 Å². The number of nitrogens with zero attached hydrogens (tertiary/aromatic N) is 1. The Bertz CT molecular complexity index is 1300. The lowest BCUT2D eigenvalue weighted by Crippen LogP contribution is -2.30. The molecule has 3 atom stereocenters. The zero-order valence-corrected chi connectivity index (χ0v) is 21.0. The second-order valence-electron chi connectivity index (χ2n) is 9.20. The quantitative estimate of drug-likeness (QED) is 0.230. The Morgan fingerprint density at radius 1 is 0.806 bits per heavy atom. The first-order chi connectivity index (χ1) is 17.4. The molecule has 0 radical (unpaired) electrons. The van der Waals surface area contributed by atoms with Crippen LogP contribution in [0.2, 0.25) is 0 Å². The molecule has 1 saturated heterocycles. The lowest BCUT2D eigenvalue weighted by Gasteiger charge is -2.28. The molecular weight excluding hydrogens is 522 g/mol. The van der Waals surface area contributed by atoms with E-state index in [0.717, 1.165) is 10.9 Å². The van der Waals surface area contributed by atoms with Crippen molar-refractivity contribution in [2.75, 3.05) is 11.5 Å². The third-order valence-electron chi connectivity index (χ3n) is 7.06. The normalized spacial score (nSPS) is 21.2. The van der Waals surface area contributed by atoms with E-state index in [-0.39, 0.29) is 47.5 Å². The van der Waals surface area contributed by atoms with Crippen molar-refractivity contribution in [3.63, 3.8) is 0 Å². The molecule has 36 heavy (non-hydrogen) atoms. The first kappa shape index (κ1) is 24.1. The molecule has 0 spiro atoms. The number of hydrogen-bond donors (Lipinski definition) is 0. The van der Waals surface area contributed by atoms with Crippen LogP contribution in [-0.2, 0) is 14.3 Å². The summed E-state index contributed by atoms with van der Waals surface area (Å²) in [4.78, 5) is 52.3. The van der Waals surface area contributed by atoms with E-state index >= 15 is 0 Å². The Labute approximate surface area is 217 Å². The number of rotatable bonds is 6. The van der Waals surface area contributed by atoms with Crippen molar-refractivity contribution in [2.45, 2.75) is 25.2 Å². The van der Waals surface area contributed by atoms with Crippen LogP contribution in [0.1, 0.15) is 51.5 Å². The van der Waals surface area contributed by atoms with Crippen molar-refractivity contribution in [1.29, 1.82) is 0 Å². The predicted octanol–water partition coefficient (Wildman–Crippen LogP) is 5.56. The minimum Gasteiger partial charge on any atom is -0.454 e. The number of Topliss-reactive ketones (excluding diaryl/α,β-unsaturated/α-hetero) is 1. The summed E-state index contributed by atoms with van der Waals surface area (Å²) in [6.07, 6.45) is 2.22. The molecule has 1 aliphatic carbocycles. The smallest absolute Gasteiger partial charge is 0.338 e. The van der Waals surface area contributed by atoms with Crippen LogP contribution >= 0.6 is 15.9 Å². The van der Waals surface area contributed by atoms with Gasteiger partial charge in [-0.1, -0.05) is 58.4 Å². The lowest BCUT2D eigenvalue weighted by molar-refractivity contribution is -0.122. The second-order valence-corrected chi connectivity index (χ2v) is 10.1. The van der Waals surface area contributed by atoms with Gasteiger partial charge in [0, 0.05) is 10.0 Å². The van der Waals surface area contributed by atoms with Gasteiger partial charge in [0.05, 0.1) is 23.1 Å². The van der Waals surface area contributed by atoms with Crippen molar-refractivity contribution < 1.29 is 23.9 Å². The van der Waals surface area contributed by atoms with Gasteiger partial charge in [-0.05, 0) is 67.1 Å². The van der Waals surface area contributed by atoms with Crippen molar-refractivity contribution in [2.24, 2.45) is 11.8 Å². The summed E-state index contributed by atoms with van der Waals surface area (Å²) in [6.45, 7) is -0.378. The summed E-state index contributed by atoms with van der Waals surface area (Å²) in [5.41, 5.74) is 2.33. The first-order valence-electron chi connectivity index (χ1n) is 11.9. The van der Waals surface area contributed by atoms with E-state index in [1.807, 2.05) is 18.2 Å². The number of esters is 1. The van der Waals surface area contributed by atoms with E-state index in [9.17, 15) is 19.2 Å². The first-order valence-corrected chi connectivity index (χ1v) is 12.7. The molecule has 2 amide bonds. The number of imide groups is 1. The molecule has 3 aromatic carbocycles. The highest BCUT2D eigenvalue weighted by atomic mass is 79.9. The van der Waals surface area contributed by atoms with Crippen LogP contribution in [0.3, 0.4) is 0 Å². The Morgan fingerprint density at radius 2 is 1.44 bits per heavy atom. The van der Waals surface area contributed by atoms with Gasteiger partial charge in [-0.3, -0.25) is 19.3 Å². The Kier molecular flexibility index (Phi) is 6.83. The molecule has 2 aliphatic rings. The van der Waals surface area contributed by atoms with Gasteiger partial charge in [-0.15, -0.1) is 0 Å². The van der Waals surface area contributed by atoms with Crippen molar-refractivity contribution in [3.8, 4) is 0 Å². The minimum absolute atomic E-state index is 0.174. The fourth-order valence-corrected chi connectivity index (χ4v) is 5.41. The average molecular weight is 546 g/mol. The number of ether oxygens (including phenoxy) is 1. The molecule has 0 unspecified atom stereocenters. The number of fused-ring (bicyclic) bond motifs is 1. The number of halogens is 1. The van der Waals surface area contributed by atoms with Crippen LogP contribution in [0.5, 0.6) is 0 Å². The zero-order valence-electron chi connectivity index (χ0n) is 19.4. The van der Waals surface area contributed by atoms with Gasteiger partial charge in [0.25, 0.3) is 0 Å². The highest BCUT2D eigenvalue weighted by Gasteiger charge is 2.50. The van der Waals surface area contributed by atoms with Gasteiger partial charge < -0.3 is 4.74 Å². The van der Waals surface area contributed by atoms with Gasteiger partial charge in [-0.25, -0.2) is 4.79 Å². The molecule has 2 fully saturated rings. The molecule has 182 valence electrons. The third kappa shape index (κ3) is 4.75. The average Bonchev–Trinajstić information content (AvgIpc) is 3.17. The summed E-state index contributed by atoms with van der Waals surface area (Å²) in [5.74, 6) is -1.67. The molecule has 0 aromatic heterocycles. The fraction of sp³-hybridized carbons (Fsp3) is 0.241. The van der Waals surface area contributed by atoms with Crippen molar-refractivity contribution in [3.05, 3.63) is 100 Å². The molecule has 7 heteroatoms. The van der Waals surface area contributed by atoms with Crippen LogP contribution in [0, 0.1) is 11.8 Å². The number of ketones is 1. The Hall–Kier alpha value is -3.58. The molecule has 1 saturated carbocycles. The molecule has 1 aliphatic heterocycles. The summed E-state index contributed by atoms with van der Waals surface area (Å²) in [5, 5.41) is 0. The molecule has 5 rings (SSSR count). The number of carbonyl (C=O) groups excluding carboxylic acids is 4. The van der Waals surface area contributed by atoms with Crippen LogP contribution in [0.15, 0.2) is 83.3 Å². The lowest BCUT2D eigenvalue weighted by atomic mass is 9.73. The number of anilines is 1. The summed E-state index contributed by atoms with van der Waals surface area (Å²) >= 11 is 3.31. The molecule has 1 heterocycles. The molecule has 3 aromatic rings. The van der Waals surface area contributed by atoms with E-state index in [0.29, 0.717) is 24.1 Å². The summed E-state index contributed by atoms with van der Waals surface area (Å²) in [6, 6.07) is 23.1. The maximum absolute atomic E-state index is 13.3. The maximum Gasteiger partial charge on any atom is 0.338 e. The summed E-state index contributed by atoms with van der Waals surface area (Å²) in [7, 11) is 0. The van der Waals surface area contributed by atoms with E-state index in [1.165, 1.54) is 22.6 Å². The maximum atomic E-state index is 13.3. The number of carbonyl (C=O) groups is 4. The Morgan fingerprint density at radius 3 is 2.14 bits per heavy atom. The van der Waals surface area contributed by atoms with E-state index in [4.69, 9.17) is 4.74 Å². The van der Waals surface area contributed by atoms with Crippen molar-refractivity contribution >= 4 is 45.2 Å². The van der Waals surface area contributed by atoms with E-state index in [1.54, 1.807) is 36.4 Å². The van der Waals surface area contributed by atoms with Gasteiger partial charge in [0.1, 0.15) is 0 Å². The summed E-state index contributed by atoms with van der Waals surface area (Å²) < 4.78 is 6.01. The van der Waals surface area contributed by atoms with Crippen LogP contribution < -0.4 is 4.90 Å². The highest BCUT2D eigenvalue weighted by Crippen LogP contribution is 2.45. The van der Waals surface area contributed by atoms with E-state index < -0.39 is 5.97 Å². The zero-order chi connectivity index (χ0) is 25.2. The monoisotopic (exact) mass is 545 g/mol. The molecule has 0 N–H and O–H groups in total. The van der Waals surface area contributed by atoms with Crippen LogP contribution in [0.25, 0.3) is 0 Å². The number of amides is 2. The second kappa shape index (κ2) is 10.2.